The number of piperidine rings is 1. The van der Waals surface area contributed by atoms with Crippen LogP contribution in [0.25, 0.3) is 0 Å². The molecule has 0 unspecified atom stereocenters. The third kappa shape index (κ3) is 4.12. The molecule has 0 aliphatic carbocycles. The van der Waals surface area contributed by atoms with Crippen LogP contribution in [0.1, 0.15) is 35.4 Å². The summed E-state index contributed by atoms with van der Waals surface area (Å²) in [5, 5.41) is 0. The predicted molar refractivity (Wildman–Crippen MR) is 96.8 cm³/mol. The van der Waals surface area contributed by atoms with Crippen LogP contribution in [-0.2, 0) is 16.6 Å². The number of imidazole rings is 1. The van der Waals surface area contributed by atoms with Crippen molar-refractivity contribution in [1.29, 1.82) is 0 Å². The molecule has 140 valence electrons. The van der Waals surface area contributed by atoms with Gasteiger partial charge in [-0.3, -0.25) is 4.79 Å². The molecule has 26 heavy (non-hydrogen) atoms. The molecule has 3 rings (SSSR count). The van der Waals surface area contributed by atoms with Gasteiger partial charge in [0.25, 0.3) is 5.91 Å². The lowest BCUT2D eigenvalue weighted by molar-refractivity contribution is 0.0623. The summed E-state index contributed by atoms with van der Waals surface area (Å²) in [4.78, 5) is 21.5. The molecule has 1 aromatic carbocycles. The zero-order valence-corrected chi connectivity index (χ0v) is 15.2. The molecule has 2 aromatic rings. The Balaban J connectivity index is 1.77. The second kappa shape index (κ2) is 7.98. The van der Waals surface area contributed by atoms with Crippen LogP contribution in [0.2, 0.25) is 0 Å². The second-order valence-electron chi connectivity index (χ2n) is 6.27. The Morgan fingerprint density at radius 1 is 1.38 bits per heavy atom. The number of nitrogens with one attached hydrogen (secondary N) is 2. The molecule has 1 atom stereocenters. The van der Waals surface area contributed by atoms with Crippen molar-refractivity contribution < 1.29 is 13.2 Å². The number of H-pyrrole nitrogens is 1. The quantitative estimate of drug-likeness (QED) is 0.689. The van der Waals surface area contributed by atoms with E-state index in [0.717, 1.165) is 19.3 Å². The van der Waals surface area contributed by atoms with Gasteiger partial charge in [-0.25, -0.2) is 18.1 Å². The van der Waals surface area contributed by atoms with Crippen LogP contribution in [-0.4, -0.2) is 48.3 Å². The summed E-state index contributed by atoms with van der Waals surface area (Å²) in [7, 11) is -3.75. The van der Waals surface area contributed by atoms with Crippen molar-refractivity contribution in [1.82, 2.24) is 19.6 Å². The summed E-state index contributed by atoms with van der Waals surface area (Å²) >= 11 is 0. The lowest BCUT2D eigenvalue weighted by Gasteiger charge is -2.35. The van der Waals surface area contributed by atoms with Crippen molar-refractivity contribution in [2.45, 2.75) is 36.7 Å². The van der Waals surface area contributed by atoms with E-state index in [2.05, 4.69) is 14.7 Å². The predicted octanol–water partition coefficient (Wildman–Crippen LogP) is 0.842. The number of rotatable bonds is 6. The molecular weight excluding hydrogens is 354 g/mol. The van der Waals surface area contributed by atoms with Gasteiger partial charge in [0.1, 0.15) is 5.82 Å². The van der Waals surface area contributed by atoms with Gasteiger partial charge >= 0.3 is 0 Å². The van der Waals surface area contributed by atoms with Crippen molar-refractivity contribution >= 4 is 15.9 Å². The summed E-state index contributed by atoms with van der Waals surface area (Å²) in [6.07, 6.45) is 6.04. The third-order valence-electron chi connectivity index (χ3n) is 4.54. The first-order valence-electron chi connectivity index (χ1n) is 8.60. The van der Waals surface area contributed by atoms with E-state index in [1.54, 1.807) is 29.4 Å². The maximum Gasteiger partial charge on any atom is 0.254 e. The standard InChI is InChI=1S/C17H23N5O3S/c18-11-14-5-1-2-9-22(14)17(23)13-4-3-6-15(10-13)26(24,25)21-12-16-19-7-8-20-16/h3-4,6-8,10,14,21H,1-2,5,9,11-12,18H2,(H,19,20)/t14-/m0/s1. The van der Waals surface area contributed by atoms with Crippen LogP contribution < -0.4 is 10.5 Å². The molecule has 1 aliphatic rings. The van der Waals surface area contributed by atoms with E-state index in [-0.39, 0.29) is 23.4 Å². The lowest BCUT2D eigenvalue weighted by atomic mass is 10.0. The maximum absolute atomic E-state index is 12.8. The van der Waals surface area contributed by atoms with Crippen LogP contribution in [0.5, 0.6) is 0 Å². The minimum atomic E-state index is -3.75. The van der Waals surface area contributed by atoms with Gasteiger partial charge in [-0.2, -0.15) is 0 Å². The van der Waals surface area contributed by atoms with Gasteiger partial charge in [0.15, 0.2) is 0 Å². The minimum Gasteiger partial charge on any atom is -0.347 e. The van der Waals surface area contributed by atoms with Gasteiger partial charge in [0, 0.05) is 37.1 Å². The minimum absolute atomic E-state index is 0.00795. The molecule has 1 aliphatic heterocycles. The number of amides is 1. The molecule has 1 amide bonds. The molecule has 0 radical (unpaired) electrons. The Labute approximate surface area is 152 Å². The average molecular weight is 377 g/mol. The van der Waals surface area contributed by atoms with Gasteiger partial charge in [0.2, 0.25) is 10.0 Å². The highest BCUT2D eigenvalue weighted by atomic mass is 32.2. The topological polar surface area (TPSA) is 121 Å². The van der Waals surface area contributed by atoms with Crippen molar-refractivity contribution in [2.24, 2.45) is 5.73 Å². The van der Waals surface area contributed by atoms with Crippen LogP contribution in [0.3, 0.4) is 0 Å². The number of carbonyl (C=O) groups is 1. The molecule has 1 aromatic heterocycles. The Morgan fingerprint density at radius 3 is 2.96 bits per heavy atom. The summed E-state index contributed by atoms with van der Waals surface area (Å²) in [6, 6.07) is 6.10. The van der Waals surface area contributed by atoms with Crippen molar-refractivity contribution in [3.05, 3.63) is 48.0 Å². The number of nitrogens with zero attached hydrogens (tertiary/aromatic N) is 2. The van der Waals surface area contributed by atoms with Gasteiger partial charge < -0.3 is 15.6 Å². The Hall–Kier alpha value is -2.23. The molecule has 0 saturated carbocycles. The van der Waals surface area contributed by atoms with E-state index in [4.69, 9.17) is 5.73 Å². The van der Waals surface area contributed by atoms with E-state index >= 15 is 0 Å². The first kappa shape index (κ1) is 18.6. The van der Waals surface area contributed by atoms with Crippen LogP contribution in [0.15, 0.2) is 41.6 Å². The van der Waals surface area contributed by atoms with Crippen LogP contribution >= 0.6 is 0 Å². The van der Waals surface area contributed by atoms with E-state index in [9.17, 15) is 13.2 Å². The molecule has 0 bridgehead atoms. The summed E-state index contributed by atoms with van der Waals surface area (Å²) in [5.74, 6) is 0.336. The molecule has 0 spiro atoms. The Morgan fingerprint density at radius 2 is 2.23 bits per heavy atom. The molecule has 2 heterocycles. The summed E-state index contributed by atoms with van der Waals surface area (Å²) in [5.41, 5.74) is 6.14. The van der Waals surface area contributed by atoms with Gasteiger partial charge in [0.05, 0.1) is 11.4 Å². The number of sulfonamides is 1. The Bertz CT molecular complexity index is 851. The van der Waals surface area contributed by atoms with E-state index in [0.29, 0.717) is 24.5 Å². The van der Waals surface area contributed by atoms with Gasteiger partial charge in [-0.05, 0) is 37.5 Å². The van der Waals surface area contributed by atoms with E-state index in [1.807, 2.05) is 0 Å². The highest BCUT2D eigenvalue weighted by Gasteiger charge is 2.27. The van der Waals surface area contributed by atoms with Crippen molar-refractivity contribution in [3.63, 3.8) is 0 Å². The van der Waals surface area contributed by atoms with Crippen LogP contribution in [0.4, 0.5) is 0 Å². The molecule has 8 nitrogen and oxygen atoms in total. The van der Waals surface area contributed by atoms with Crippen LogP contribution in [0, 0.1) is 0 Å². The average Bonchev–Trinajstić information content (AvgIpc) is 3.20. The molecule has 1 saturated heterocycles. The molecule has 1 fully saturated rings. The number of aromatic amines is 1. The van der Waals surface area contributed by atoms with Gasteiger partial charge in [-0.15, -0.1) is 0 Å². The highest BCUT2D eigenvalue weighted by molar-refractivity contribution is 7.89. The van der Waals surface area contributed by atoms with Crippen molar-refractivity contribution in [3.8, 4) is 0 Å². The lowest BCUT2D eigenvalue weighted by Crippen LogP contribution is -2.47. The number of hydrogen-bond acceptors (Lipinski definition) is 5. The zero-order valence-electron chi connectivity index (χ0n) is 14.4. The second-order valence-corrected chi connectivity index (χ2v) is 8.04. The number of carbonyl (C=O) groups excluding carboxylic acids is 1. The summed E-state index contributed by atoms with van der Waals surface area (Å²) in [6.45, 7) is 1.11. The third-order valence-corrected chi connectivity index (χ3v) is 5.93. The largest absolute Gasteiger partial charge is 0.347 e. The number of likely N-dealkylation sites (tertiary alicyclic amines) is 1. The fourth-order valence-corrected chi connectivity index (χ4v) is 4.15. The number of aromatic nitrogens is 2. The molecule has 4 N–H and O–H groups in total. The van der Waals surface area contributed by atoms with E-state index in [1.165, 1.54) is 12.1 Å². The first-order chi connectivity index (χ1) is 12.5. The Kier molecular flexibility index (Phi) is 5.70. The first-order valence-corrected chi connectivity index (χ1v) is 10.1. The fourth-order valence-electron chi connectivity index (χ4n) is 3.12. The van der Waals surface area contributed by atoms with Gasteiger partial charge in [-0.1, -0.05) is 6.07 Å². The van der Waals surface area contributed by atoms with E-state index < -0.39 is 10.0 Å². The number of nitrogens with two attached hydrogens (primary N) is 1. The summed E-state index contributed by atoms with van der Waals surface area (Å²) < 4.78 is 27.5. The molecular formula is C17H23N5O3S. The zero-order chi connectivity index (χ0) is 18.6. The van der Waals surface area contributed by atoms with Crippen molar-refractivity contribution in [2.75, 3.05) is 13.1 Å². The molecule has 9 heteroatoms. The fraction of sp³-hybridized carbons (Fsp3) is 0.412. The highest BCUT2D eigenvalue weighted by Crippen LogP contribution is 2.20. The normalized spacial score (nSPS) is 18.0. The number of benzene rings is 1. The maximum atomic E-state index is 12.8. The monoisotopic (exact) mass is 377 g/mol. The SMILES string of the molecule is NC[C@@H]1CCCCN1C(=O)c1cccc(S(=O)(=O)NCc2ncc[nH]2)c1. The number of hydrogen-bond donors (Lipinski definition) is 3. The smallest absolute Gasteiger partial charge is 0.254 e.